The third-order valence-corrected chi connectivity index (χ3v) is 2.50. The second-order valence-electron chi connectivity index (χ2n) is 4.05. The van der Waals surface area contributed by atoms with Crippen molar-refractivity contribution in [3.63, 3.8) is 0 Å². The van der Waals surface area contributed by atoms with Gasteiger partial charge in [0.05, 0.1) is 5.56 Å². The number of carbonyl (C=O) groups excluding carboxylic acids is 1. The average molecular weight is 248 g/mol. The Labute approximate surface area is 108 Å². The number of carbonyl (C=O) groups is 1. The highest BCUT2D eigenvalue weighted by Gasteiger charge is 2.07. The van der Waals surface area contributed by atoms with E-state index in [0.717, 1.165) is 19.4 Å². The van der Waals surface area contributed by atoms with Gasteiger partial charge in [-0.25, -0.2) is 9.97 Å². The Balaban J connectivity index is 2.61. The summed E-state index contributed by atoms with van der Waals surface area (Å²) in [6.45, 7) is 7.04. The Bertz CT molecular complexity index is 388. The quantitative estimate of drug-likeness (QED) is 0.745. The number of hydrogen-bond acceptors (Lipinski definition) is 4. The second-order valence-corrected chi connectivity index (χ2v) is 4.05. The number of amides is 1. The van der Waals surface area contributed by atoms with E-state index in [1.54, 1.807) is 18.5 Å². The van der Waals surface area contributed by atoms with E-state index in [1.807, 2.05) is 11.9 Å². The smallest absolute Gasteiger partial charge is 0.254 e. The molecule has 1 aromatic rings. The zero-order chi connectivity index (χ0) is 13.4. The van der Waals surface area contributed by atoms with Crippen molar-refractivity contribution in [3.05, 3.63) is 30.6 Å². The van der Waals surface area contributed by atoms with Crippen LogP contribution in [0.25, 0.3) is 0 Å². The van der Waals surface area contributed by atoms with Gasteiger partial charge in [0.2, 0.25) is 5.95 Å². The maximum Gasteiger partial charge on any atom is 0.254 e. The molecule has 1 rings (SSSR count). The summed E-state index contributed by atoms with van der Waals surface area (Å²) >= 11 is 0. The summed E-state index contributed by atoms with van der Waals surface area (Å²) in [5.74, 6) is 0.460. The van der Waals surface area contributed by atoms with E-state index < -0.39 is 0 Å². The summed E-state index contributed by atoms with van der Waals surface area (Å²) < 4.78 is 0. The van der Waals surface area contributed by atoms with Crippen molar-refractivity contribution in [2.75, 3.05) is 25.0 Å². The molecule has 1 N–H and O–H groups in total. The fourth-order valence-corrected chi connectivity index (χ4v) is 1.40. The van der Waals surface area contributed by atoms with Gasteiger partial charge >= 0.3 is 0 Å². The van der Waals surface area contributed by atoms with Gasteiger partial charge in [0, 0.05) is 32.5 Å². The van der Waals surface area contributed by atoms with Crippen LogP contribution in [0, 0.1) is 0 Å². The van der Waals surface area contributed by atoms with Crippen molar-refractivity contribution in [1.29, 1.82) is 0 Å². The highest BCUT2D eigenvalue weighted by molar-refractivity contribution is 5.93. The van der Waals surface area contributed by atoms with Crippen molar-refractivity contribution in [1.82, 2.24) is 15.3 Å². The van der Waals surface area contributed by atoms with E-state index in [4.69, 9.17) is 0 Å². The minimum absolute atomic E-state index is 0.183. The second kappa shape index (κ2) is 7.42. The highest BCUT2D eigenvalue weighted by Crippen LogP contribution is 2.06. The molecule has 1 amide bonds. The van der Waals surface area contributed by atoms with Crippen molar-refractivity contribution in [2.24, 2.45) is 0 Å². The summed E-state index contributed by atoms with van der Waals surface area (Å²) in [7, 11) is 1.95. The van der Waals surface area contributed by atoms with Gasteiger partial charge in [0.15, 0.2) is 0 Å². The molecule has 0 aliphatic heterocycles. The number of aromatic nitrogens is 2. The van der Waals surface area contributed by atoms with Crippen molar-refractivity contribution in [3.8, 4) is 0 Å². The first-order valence-electron chi connectivity index (χ1n) is 6.11. The fourth-order valence-electron chi connectivity index (χ4n) is 1.40. The van der Waals surface area contributed by atoms with Crippen LogP contribution >= 0.6 is 0 Å². The van der Waals surface area contributed by atoms with Crippen molar-refractivity contribution >= 4 is 11.9 Å². The standard InChI is InChI=1S/C13H20N4O/c1-4-6-8-17(3)13-15-9-11(10-16-13)12(18)14-7-5-2/h5,9-10H,2,4,6-8H2,1,3H3,(H,14,18). The monoisotopic (exact) mass is 248 g/mol. The van der Waals surface area contributed by atoms with Gasteiger partial charge in [-0.15, -0.1) is 6.58 Å². The normalized spacial score (nSPS) is 9.89. The lowest BCUT2D eigenvalue weighted by Gasteiger charge is -2.16. The summed E-state index contributed by atoms with van der Waals surface area (Å²) in [6.07, 6.45) is 6.95. The van der Waals surface area contributed by atoms with Crippen LogP contribution in [0.1, 0.15) is 30.1 Å². The van der Waals surface area contributed by atoms with E-state index in [1.165, 1.54) is 0 Å². The largest absolute Gasteiger partial charge is 0.348 e. The number of hydrogen-bond donors (Lipinski definition) is 1. The predicted molar refractivity (Wildman–Crippen MR) is 72.7 cm³/mol. The fraction of sp³-hybridized carbons (Fsp3) is 0.462. The van der Waals surface area contributed by atoms with Crippen LogP contribution in [-0.2, 0) is 0 Å². The van der Waals surface area contributed by atoms with E-state index in [9.17, 15) is 4.79 Å². The lowest BCUT2D eigenvalue weighted by molar-refractivity contribution is 0.0957. The summed E-state index contributed by atoms with van der Waals surface area (Å²) in [5, 5.41) is 2.68. The Morgan fingerprint density at radius 2 is 2.17 bits per heavy atom. The molecule has 5 nitrogen and oxygen atoms in total. The van der Waals surface area contributed by atoms with Gasteiger partial charge in [-0.05, 0) is 6.42 Å². The molecule has 0 unspecified atom stereocenters. The summed E-state index contributed by atoms with van der Waals surface area (Å²) in [4.78, 5) is 22.0. The number of unbranched alkanes of at least 4 members (excludes halogenated alkanes) is 1. The molecule has 0 atom stereocenters. The molecule has 18 heavy (non-hydrogen) atoms. The molecule has 0 bridgehead atoms. The first-order chi connectivity index (χ1) is 8.69. The number of nitrogens with zero attached hydrogens (tertiary/aromatic N) is 3. The van der Waals surface area contributed by atoms with E-state index in [-0.39, 0.29) is 5.91 Å². The molecule has 0 aromatic carbocycles. The van der Waals surface area contributed by atoms with Gasteiger partial charge in [-0.2, -0.15) is 0 Å². The molecule has 0 saturated heterocycles. The maximum absolute atomic E-state index is 11.6. The van der Waals surface area contributed by atoms with Crippen molar-refractivity contribution < 1.29 is 4.79 Å². The van der Waals surface area contributed by atoms with Crippen LogP contribution in [0.5, 0.6) is 0 Å². The van der Waals surface area contributed by atoms with Crippen LogP contribution in [-0.4, -0.2) is 36.0 Å². The lowest BCUT2D eigenvalue weighted by atomic mass is 10.3. The third kappa shape index (κ3) is 4.16. The lowest BCUT2D eigenvalue weighted by Crippen LogP contribution is -2.25. The Hall–Kier alpha value is -1.91. The molecule has 98 valence electrons. The zero-order valence-corrected chi connectivity index (χ0v) is 11.0. The molecular weight excluding hydrogens is 228 g/mol. The predicted octanol–water partition coefficient (Wildman–Crippen LogP) is 1.63. The first-order valence-corrected chi connectivity index (χ1v) is 6.11. The van der Waals surface area contributed by atoms with Gasteiger partial charge in [0.1, 0.15) is 0 Å². The molecule has 0 aliphatic rings. The zero-order valence-electron chi connectivity index (χ0n) is 11.0. The van der Waals surface area contributed by atoms with Gasteiger partial charge < -0.3 is 10.2 Å². The van der Waals surface area contributed by atoms with Crippen LogP contribution < -0.4 is 10.2 Å². The maximum atomic E-state index is 11.6. The minimum atomic E-state index is -0.183. The molecule has 0 saturated carbocycles. The summed E-state index contributed by atoms with van der Waals surface area (Å²) in [6, 6.07) is 0. The molecule has 0 fully saturated rings. The molecule has 1 heterocycles. The number of anilines is 1. The topological polar surface area (TPSA) is 58.1 Å². The minimum Gasteiger partial charge on any atom is -0.348 e. The SMILES string of the molecule is C=CCNC(=O)c1cnc(N(C)CCCC)nc1. The van der Waals surface area contributed by atoms with Gasteiger partial charge in [-0.3, -0.25) is 4.79 Å². The molecule has 1 aromatic heterocycles. The van der Waals surface area contributed by atoms with Crippen molar-refractivity contribution in [2.45, 2.75) is 19.8 Å². The van der Waals surface area contributed by atoms with Gasteiger partial charge in [-0.1, -0.05) is 19.4 Å². The van der Waals surface area contributed by atoms with Crippen LogP contribution in [0.15, 0.2) is 25.0 Å². The van der Waals surface area contributed by atoms with E-state index in [0.29, 0.717) is 18.1 Å². The molecule has 0 aliphatic carbocycles. The molecule has 0 spiro atoms. The third-order valence-electron chi connectivity index (χ3n) is 2.50. The first kappa shape index (κ1) is 14.2. The highest BCUT2D eigenvalue weighted by atomic mass is 16.1. The van der Waals surface area contributed by atoms with Crippen LogP contribution in [0.4, 0.5) is 5.95 Å². The van der Waals surface area contributed by atoms with E-state index in [2.05, 4.69) is 28.8 Å². The molecule has 0 radical (unpaired) electrons. The Morgan fingerprint density at radius 3 is 2.72 bits per heavy atom. The van der Waals surface area contributed by atoms with Gasteiger partial charge in [0.25, 0.3) is 5.91 Å². The van der Waals surface area contributed by atoms with Crippen LogP contribution in [0.2, 0.25) is 0 Å². The Morgan fingerprint density at radius 1 is 1.50 bits per heavy atom. The summed E-state index contributed by atoms with van der Waals surface area (Å²) in [5.41, 5.74) is 0.462. The molecule has 5 heteroatoms. The number of rotatable bonds is 7. The Kier molecular flexibility index (Phi) is 5.84. The number of nitrogens with one attached hydrogen (secondary N) is 1. The average Bonchev–Trinajstić information content (AvgIpc) is 2.42. The van der Waals surface area contributed by atoms with E-state index >= 15 is 0 Å². The van der Waals surface area contributed by atoms with Crippen LogP contribution in [0.3, 0.4) is 0 Å². The molecular formula is C13H20N4O.